The quantitative estimate of drug-likeness (QED) is 0.322. The second-order valence-corrected chi connectivity index (χ2v) is 11.0. The van der Waals surface area contributed by atoms with Gasteiger partial charge in [0.1, 0.15) is 5.75 Å². The van der Waals surface area contributed by atoms with Crippen molar-refractivity contribution < 1.29 is 29.0 Å². The van der Waals surface area contributed by atoms with Crippen molar-refractivity contribution in [2.45, 2.75) is 38.0 Å². The molecule has 0 aliphatic carbocycles. The van der Waals surface area contributed by atoms with E-state index in [1.807, 2.05) is 43.3 Å². The number of carbonyl (C=O) groups is 3. The lowest BCUT2D eigenvalue weighted by atomic mass is 9.82. The van der Waals surface area contributed by atoms with Crippen molar-refractivity contribution in [3.63, 3.8) is 0 Å². The van der Waals surface area contributed by atoms with Gasteiger partial charge in [-0.1, -0.05) is 43.3 Å². The number of aliphatic hydroxyl groups is 1. The van der Waals surface area contributed by atoms with Gasteiger partial charge in [0.25, 0.3) is 11.8 Å². The van der Waals surface area contributed by atoms with Gasteiger partial charge in [0, 0.05) is 42.4 Å². The van der Waals surface area contributed by atoms with Gasteiger partial charge in [-0.3, -0.25) is 14.4 Å². The molecular weight excluding hydrogens is 546 g/mol. The molecule has 0 radical (unpaired) electrons. The van der Waals surface area contributed by atoms with Gasteiger partial charge in [-0.05, 0) is 54.4 Å². The van der Waals surface area contributed by atoms with E-state index in [9.17, 15) is 19.5 Å². The molecule has 1 spiro atoms. The fourth-order valence-electron chi connectivity index (χ4n) is 6.07. The number of anilines is 2. The first-order valence-electron chi connectivity index (χ1n) is 14.4. The molecule has 1 fully saturated rings. The normalized spacial score (nSPS) is 20.6. The standard InChI is InChI=1S/C34H37N3O6/c1-4-16-37-30-15-12-26(35-32(40)25-10-13-27(42-3)14-11-25)20-29(30)34(33(37)41)23(2)19-28(43-34)21-31(39)36(17-18-38)22-24-8-6-5-7-9-24/h4-15,20,23,28,38H,1,16-19,21-22H2,2-3H3,(H,35,40)/t23-,28-,34+/m1/s1. The highest BCUT2D eigenvalue weighted by molar-refractivity contribution is 6.09. The fraction of sp³-hybridized carbons (Fsp3) is 0.324. The number of hydrogen-bond donors (Lipinski definition) is 2. The van der Waals surface area contributed by atoms with E-state index < -0.39 is 11.7 Å². The maximum absolute atomic E-state index is 14.0. The molecule has 2 N–H and O–H groups in total. The van der Waals surface area contributed by atoms with Crippen LogP contribution < -0.4 is 15.0 Å². The van der Waals surface area contributed by atoms with Crippen LogP contribution in [0.3, 0.4) is 0 Å². The number of fused-ring (bicyclic) bond motifs is 2. The number of methoxy groups -OCH3 is 1. The number of ether oxygens (including phenoxy) is 2. The molecule has 9 heteroatoms. The number of amides is 3. The summed E-state index contributed by atoms with van der Waals surface area (Å²) in [5.74, 6) is -0.243. The topological polar surface area (TPSA) is 108 Å². The molecule has 3 amide bonds. The van der Waals surface area contributed by atoms with E-state index >= 15 is 0 Å². The van der Waals surface area contributed by atoms with Crippen molar-refractivity contribution >= 4 is 29.1 Å². The number of hydrogen-bond acceptors (Lipinski definition) is 6. The summed E-state index contributed by atoms with van der Waals surface area (Å²) in [4.78, 5) is 43.7. The van der Waals surface area contributed by atoms with E-state index in [2.05, 4.69) is 11.9 Å². The summed E-state index contributed by atoms with van der Waals surface area (Å²) in [5.41, 5.74) is 2.01. The maximum atomic E-state index is 14.0. The van der Waals surface area contributed by atoms with E-state index in [0.717, 1.165) is 5.56 Å². The highest BCUT2D eigenvalue weighted by atomic mass is 16.5. The molecular formula is C34H37N3O6. The molecule has 1 saturated heterocycles. The van der Waals surface area contributed by atoms with Gasteiger partial charge >= 0.3 is 0 Å². The molecule has 0 bridgehead atoms. The smallest absolute Gasteiger partial charge is 0.264 e. The second-order valence-electron chi connectivity index (χ2n) is 11.0. The lowest BCUT2D eigenvalue weighted by Crippen LogP contribution is -2.44. The van der Waals surface area contributed by atoms with E-state index in [4.69, 9.17) is 9.47 Å². The first-order chi connectivity index (χ1) is 20.8. The molecule has 2 aliphatic heterocycles. The van der Waals surface area contributed by atoms with E-state index in [0.29, 0.717) is 47.8 Å². The Morgan fingerprint density at radius 3 is 2.58 bits per heavy atom. The average molecular weight is 584 g/mol. The Hall–Kier alpha value is -4.47. The third kappa shape index (κ3) is 5.91. The monoisotopic (exact) mass is 583 g/mol. The van der Waals surface area contributed by atoms with Gasteiger partial charge in [-0.15, -0.1) is 6.58 Å². The van der Waals surface area contributed by atoms with Gasteiger partial charge in [0.2, 0.25) is 5.91 Å². The van der Waals surface area contributed by atoms with E-state index in [1.165, 1.54) is 0 Å². The Morgan fingerprint density at radius 2 is 1.91 bits per heavy atom. The maximum Gasteiger partial charge on any atom is 0.264 e. The van der Waals surface area contributed by atoms with Gasteiger partial charge in [0.05, 0.1) is 31.9 Å². The molecule has 224 valence electrons. The van der Waals surface area contributed by atoms with Crippen LogP contribution in [-0.4, -0.2) is 60.6 Å². The van der Waals surface area contributed by atoms with E-state index in [1.54, 1.807) is 59.4 Å². The molecule has 3 aromatic carbocycles. The van der Waals surface area contributed by atoms with Crippen LogP contribution in [0.25, 0.3) is 0 Å². The minimum Gasteiger partial charge on any atom is -0.497 e. The SMILES string of the molecule is C=CCN1C(=O)[C@@]2(O[C@@H](CC(=O)N(CCO)Cc3ccccc3)C[C@H]2C)c2cc(NC(=O)c3ccc(OC)cc3)ccc21. The summed E-state index contributed by atoms with van der Waals surface area (Å²) in [6.07, 6.45) is 1.74. The third-order valence-corrected chi connectivity index (χ3v) is 8.18. The van der Waals surface area contributed by atoms with Crippen LogP contribution in [0, 0.1) is 5.92 Å². The predicted molar refractivity (Wildman–Crippen MR) is 164 cm³/mol. The van der Waals surface area contributed by atoms with Crippen molar-refractivity contribution in [3.8, 4) is 5.75 Å². The van der Waals surface area contributed by atoms with Gasteiger partial charge in [-0.2, -0.15) is 0 Å². The van der Waals surface area contributed by atoms with Gasteiger partial charge in [-0.25, -0.2) is 0 Å². The molecule has 2 aliphatic rings. The number of carbonyl (C=O) groups excluding carboxylic acids is 3. The Labute approximate surface area is 251 Å². The summed E-state index contributed by atoms with van der Waals surface area (Å²) >= 11 is 0. The zero-order valence-electron chi connectivity index (χ0n) is 24.5. The molecule has 0 saturated carbocycles. The van der Waals surface area contributed by atoms with Crippen LogP contribution in [-0.2, 0) is 26.5 Å². The predicted octanol–water partition coefficient (Wildman–Crippen LogP) is 4.51. The fourth-order valence-corrected chi connectivity index (χ4v) is 6.07. The lowest BCUT2D eigenvalue weighted by Gasteiger charge is -2.28. The van der Waals surface area contributed by atoms with Crippen LogP contribution in [0.1, 0.15) is 41.3 Å². The number of rotatable bonds is 11. The highest BCUT2D eigenvalue weighted by Gasteiger charge is 2.60. The summed E-state index contributed by atoms with van der Waals surface area (Å²) in [5, 5.41) is 12.6. The molecule has 3 atom stereocenters. The van der Waals surface area contributed by atoms with Crippen molar-refractivity contribution in [2.24, 2.45) is 5.92 Å². The molecule has 0 unspecified atom stereocenters. The first kappa shape index (κ1) is 30.0. The van der Waals surface area contributed by atoms with Crippen LogP contribution in [0.15, 0.2) is 85.5 Å². The van der Waals surface area contributed by atoms with Crippen molar-refractivity contribution in [1.82, 2.24) is 4.90 Å². The van der Waals surface area contributed by atoms with E-state index in [-0.39, 0.29) is 43.2 Å². The summed E-state index contributed by atoms with van der Waals surface area (Å²) in [7, 11) is 1.56. The Kier molecular flexibility index (Phi) is 8.94. The van der Waals surface area contributed by atoms with Crippen LogP contribution in [0.4, 0.5) is 11.4 Å². The summed E-state index contributed by atoms with van der Waals surface area (Å²) in [6.45, 7) is 6.50. The minimum atomic E-state index is -1.30. The third-order valence-electron chi connectivity index (χ3n) is 8.18. The summed E-state index contributed by atoms with van der Waals surface area (Å²) in [6, 6.07) is 21.8. The number of nitrogens with zero attached hydrogens (tertiary/aromatic N) is 2. The van der Waals surface area contributed by atoms with Crippen LogP contribution in [0.2, 0.25) is 0 Å². The number of benzene rings is 3. The zero-order valence-corrected chi connectivity index (χ0v) is 24.5. The van der Waals surface area contributed by atoms with Crippen LogP contribution in [0.5, 0.6) is 5.75 Å². The van der Waals surface area contributed by atoms with Gasteiger partial charge < -0.3 is 29.7 Å². The molecule has 0 aromatic heterocycles. The zero-order chi connectivity index (χ0) is 30.6. The van der Waals surface area contributed by atoms with Crippen molar-refractivity contribution in [2.75, 3.05) is 37.0 Å². The second kappa shape index (κ2) is 12.8. The van der Waals surface area contributed by atoms with Gasteiger partial charge in [0.15, 0.2) is 5.60 Å². The molecule has 5 rings (SSSR count). The molecule has 9 nitrogen and oxygen atoms in total. The molecule has 43 heavy (non-hydrogen) atoms. The number of aliphatic hydroxyl groups excluding tert-OH is 1. The molecule has 3 aromatic rings. The Morgan fingerprint density at radius 1 is 1.16 bits per heavy atom. The van der Waals surface area contributed by atoms with Crippen molar-refractivity contribution in [1.29, 1.82) is 0 Å². The summed E-state index contributed by atoms with van der Waals surface area (Å²) < 4.78 is 11.8. The minimum absolute atomic E-state index is 0.0802. The van der Waals surface area contributed by atoms with Crippen LogP contribution >= 0.6 is 0 Å². The highest BCUT2D eigenvalue weighted by Crippen LogP contribution is 2.54. The Bertz CT molecular complexity index is 1490. The molecule has 2 heterocycles. The number of nitrogens with one attached hydrogen (secondary N) is 1. The first-order valence-corrected chi connectivity index (χ1v) is 14.4. The largest absolute Gasteiger partial charge is 0.497 e. The van der Waals surface area contributed by atoms with Crippen molar-refractivity contribution in [3.05, 3.63) is 102 Å². The average Bonchev–Trinajstić information content (AvgIpc) is 3.46. The lowest BCUT2D eigenvalue weighted by molar-refractivity contribution is -0.149. The Balaban J connectivity index is 1.39.